The number of hydrogen-bond donors (Lipinski definition) is 4. The van der Waals surface area contributed by atoms with Crippen LogP contribution in [0.4, 0.5) is 10.1 Å². The number of carbonyl (C=O) groups is 5. The molecule has 0 aliphatic heterocycles. The van der Waals surface area contributed by atoms with Gasteiger partial charge in [0.15, 0.2) is 23.8 Å². The zero-order valence-corrected chi connectivity index (χ0v) is 35.5. The number of esters is 2. The monoisotopic (exact) mass is 857 g/mol. The van der Waals surface area contributed by atoms with Gasteiger partial charge in [-0.25, -0.2) is 14.0 Å². The van der Waals surface area contributed by atoms with Crippen molar-refractivity contribution < 1.29 is 48.0 Å². The summed E-state index contributed by atoms with van der Waals surface area (Å²) in [6.07, 6.45) is 6.52. The van der Waals surface area contributed by atoms with E-state index in [1.807, 2.05) is 38.1 Å². The van der Waals surface area contributed by atoms with E-state index in [2.05, 4.69) is 10.3 Å². The molecular formula is C50H52FN3O9. The molecule has 1 aromatic heterocycles. The molecule has 3 fully saturated rings. The molecule has 1 amide bonds. The van der Waals surface area contributed by atoms with E-state index in [0.29, 0.717) is 41.6 Å². The van der Waals surface area contributed by atoms with E-state index in [1.54, 1.807) is 49.7 Å². The number of nitrogens with one attached hydrogen (secondary N) is 1. The Balaban J connectivity index is 0.828. The van der Waals surface area contributed by atoms with Gasteiger partial charge in [-0.15, -0.1) is 0 Å². The second-order valence-corrected chi connectivity index (χ2v) is 18.2. The van der Waals surface area contributed by atoms with Gasteiger partial charge in [0.2, 0.25) is 5.91 Å². The number of halogens is 1. The third-order valence-electron chi connectivity index (χ3n) is 14.7. The average molecular weight is 858 g/mol. The number of carbonyl (C=O) groups excluding carboxylic acids is 5. The van der Waals surface area contributed by atoms with E-state index in [9.17, 15) is 34.2 Å². The number of nitrogens with zero attached hydrogens (tertiary/aromatic N) is 1. The fourth-order valence-electron chi connectivity index (χ4n) is 11.4. The van der Waals surface area contributed by atoms with Gasteiger partial charge in [-0.3, -0.25) is 19.4 Å². The number of ether oxygens (including phenoxy) is 2. The summed E-state index contributed by atoms with van der Waals surface area (Å²) in [5, 5.41) is 28.0. The molecule has 0 radical (unpaired) electrons. The largest absolute Gasteiger partial charge is 0.457 e. The summed E-state index contributed by atoms with van der Waals surface area (Å²) < 4.78 is 28.3. The molecule has 328 valence electrons. The number of Topliss-reactive ketones (excluding diaryl/α,β-unsaturated/α-hetero) is 1. The van der Waals surface area contributed by atoms with Crippen molar-refractivity contribution >= 4 is 45.9 Å². The van der Waals surface area contributed by atoms with Crippen LogP contribution in [0.1, 0.15) is 84.2 Å². The molecule has 12 nitrogen and oxygen atoms in total. The maximum Gasteiger partial charge on any atom is 0.338 e. The number of rotatable bonds is 12. The van der Waals surface area contributed by atoms with Crippen LogP contribution in [0.15, 0.2) is 109 Å². The molecule has 0 saturated heterocycles. The van der Waals surface area contributed by atoms with E-state index in [4.69, 9.17) is 15.2 Å². The number of aliphatic hydroxyl groups is 2. The highest BCUT2D eigenvalue weighted by atomic mass is 19.1. The summed E-state index contributed by atoms with van der Waals surface area (Å²) >= 11 is 0. The van der Waals surface area contributed by atoms with Crippen LogP contribution in [0.25, 0.3) is 10.8 Å². The van der Waals surface area contributed by atoms with Crippen LogP contribution in [0, 0.1) is 34.5 Å². The van der Waals surface area contributed by atoms with Gasteiger partial charge in [-0.05, 0) is 121 Å². The van der Waals surface area contributed by atoms with Gasteiger partial charge in [0, 0.05) is 47.3 Å². The number of alkyl halides is 1. The van der Waals surface area contributed by atoms with Crippen molar-refractivity contribution in [2.45, 2.75) is 76.9 Å². The lowest BCUT2D eigenvalue weighted by Gasteiger charge is -2.62. The van der Waals surface area contributed by atoms with E-state index >= 15 is 4.39 Å². The highest BCUT2D eigenvalue weighted by Crippen LogP contribution is 2.70. The fraction of sp³-hybridized carbons (Fsp3) is 0.400. The summed E-state index contributed by atoms with van der Waals surface area (Å²) in [5.41, 5.74) is 5.02. The Hall–Kier alpha value is -5.89. The molecule has 0 bridgehead atoms. The third-order valence-corrected chi connectivity index (χ3v) is 14.7. The molecular weight excluding hydrogens is 806 g/mol. The number of pyridine rings is 1. The first-order valence-corrected chi connectivity index (χ1v) is 21.5. The average Bonchev–Trinajstić information content (AvgIpc) is 3.54. The lowest BCUT2D eigenvalue weighted by atomic mass is 9.45. The fourth-order valence-corrected chi connectivity index (χ4v) is 11.4. The molecule has 4 aliphatic carbocycles. The van der Waals surface area contributed by atoms with E-state index < -0.39 is 70.8 Å². The van der Waals surface area contributed by atoms with Gasteiger partial charge >= 0.3 is 11.9 Å². The number of aromatic nitrogens is 1. The molecule has 1 heterocycles. The second kappa shape index (κ2) is 17.0. The van der Waals surface area contributed by atoms with Crippen LogP contribution in [0.2, 0.25) is 0 Å². The number of fused-ring (bicyclic) bond motifs is 6. The summed E-state index contributed by atoms with van der Waals surface area (Å²) in [6, 6.07) is 20.0. The summed E-state index contributed by atoms with van der Waals surface area (Å²) in [4.78, 5) is 68.8. The summed E-state index contributed by atoms with van der Waals surface area (Å²) in [7, 11) is 0. The quantitative estimate of drug-likeness (QED) is 0.112. The van der Waals surface area contributed by atoms with Crippen LogP contribution in [0.5, 0.6) is 0 Å². The summed E-state index contributed by atoms with van der Waals surface area (Å²) in [5.74, 6) is -4.81. The Kier molecular flexibility index (Phi) is 11.8. The molecule has 3 unspecified atom stereocenters. The molecule has 4 aromatic rings. The lowest BCUT2D eigenvalue weighted by molar-refractivity contribution is -0.200. The smallest absolute Gasteiger partial charge is 0.338 e. The minimum absolute atomic E-state index is 0.0252. The minimum atomic E-state index is -2.02. The summed E-state index contributed by atoms with van der Waals surface area (Å²) in [6.45, 7) is 4.92. The van der Waals surface area contributed by atoms with Crippen LogP contribution in [0.3, 0.4) is 0 Å². The second-order valence-electron chi connectivity index (χ2n) is 18.2. The van der Waals surface area contributed by atoms with Gasteiger partial charge < -0.3 is 30.7 Å². The Bertz CT molecular complexity index is 2520. The van der Waals surface area contributed by atoms with Crippen molar-refractivity contribution in [3.63, 3.8) is 0 Å². The molecule has 3 aromatic carbocycles. The first kappa shape index (κ1) is 43.7. The minimum Gasteiger partial charge on any atom is -0.457 e. The SMILES string of the molecule is C[C@@H]1C[C@H]2[C@@H]3CCC4=CC(=O)C=C[C@]4(C)[C@@]3(F)[C@@H](O)C[C@]2(C)C1C(O)C(=O)COC(=O)c1ccc(C(=O)OCc2ccc(C(CN)C(=O)Nc3ccc4cnccc4c3)cc2)cc1. The number of ketones is 2. The van der Waals surface area contributed by atoms with Crippen molar-refractivity contribution in [2.24, 2.45) is 40.2 Å². The van der Waals surface area contributed by atoms with Crippen molar-refractivity contribution in [1.29, 1.82) is 0 Å². The highest BCUT2D eigenvalue weighted by molar-refractivity contribution is 6.01. The Morgan fingerprint density at radius 1 is 0.952 bits per heavy atom. The lowest BCUT2D eigenvalue weighted by Crippen LogP contribution is -2.67. The molecule has 0 spiro atoms. The van der Waals surface area contributed by atoms with Crippen molar-refractivity contribution in [3.8, 4) is 0 Å². The van der Waals surface area contributed by atoms with Gasteiger partial charge in [0.1, 0.15) is 12.7 Å². The van der Waals surface area contributed by atoms with Gasteiger partial charge in [-0.2, -0.15) is 0 Å². The number of aliphatic hydroxyl groups excluding tert-OH is 2. The first-order valence-electron chi connectivity index (χ1n) is 21.5. The van der Waals surface area contributed by atoms with Crippen LogP contribution in [-0.4, -0.2) is 75.6 Å². The maximum absolute atomic E-state index is 17.5. The van der Waals surface area contributed by atoms with Crippen LogP contribution < -0.4 is 11.1 Å². The molecule has 3 saturated carbocycles. The van der Waals surface area contributed by atoms with E-state index in [0.717, 1.165) is 10.8 Å². The number of nitrogens with two attached hydrogens (primary N) is 1. The molecule has 5 N–H and O–H groups in total. The molecule has 13 heteroatoms. The first-order chi connectivity index (χ1) is 30.1. The number of anilines is 1. The highest BCUT2D eigenvalue weighted by Gasteiger charge is 2.71. The van der Waals surface area contributed by atoms with E-state index in [-0.39, 0.29) is 54.2 Å². The maximum atomic E-state index is 17.5. The predicted octanol–water partition coefficient (Wildman–Crippen LogP) is 6.59. The van der Waals surface area contributed by atoms with Gasteiger partial charge in [0.25, 0.3) is 0 Å². The standard InChI is InChI=1S/C50H52FN3O9/c1-28-20-40-39-15-13-35-22-37(55)16-18-49(35,3)50(39,51)42(57)23-48(40,2)43(28)44(58)41(56)27-63-47(61)32-10-8-31(9-11-32)46(60)62-26-29-4-6-30(7-5-29)38(24-52)45(59)54-36-14-12-34-25-53-19-17-33(34)21-36/h4-12,14,16-19,21-22,25,28,38-40,42-44,57-58H,13,15,20,23-24,26-27,52H2,1-3H3,(H,54,59)/t28-,38?,39+,40+,42+,43?,44?,48+,49+,50+/m1/s1. The van der Waals surface area contributed by atoms with Crippen molar-refractivity contribution in [2.75, 3.05) is 18.5 Å². The zero-order chi connectivity index (χ0) is 44.8. The van der Waals surface area contributed by atoms with Gasteiger partial charge in [-0.1, -0.05) is 55.8 Å². The van der Waals surface area contributed by atoms with Crippen LogP contribution in [-0.2, 0) is 30.5 Å². The Morgan fingerprint density at radius 3 is 2.35 bits per heavy atom. The molecule has 63 heavy (non-hydrogen) atoms. The normalized spacial score (nSPS) is 29.3. The predicted molar refractivity (Wildman–Crippen MR) is 232 cm³/mol. The Labute approximate surface area is 364 Å². The Morgan fingerprint density at radius 2 is 1.65 bits per heavy atom. The number of amides is 1. The molecule has 8 rings (SSSR count). The van der Waals surface area contributed by atoms with E-state index in [1.165, 1.54) is 36.4 Å². The zero-order valence-electron chi connectivity index (χ0n) is 35.5. The molecule has 10 atom stereocenters. The number of hydrogen-bond acceptors (Lipinski definition) is 11. The molecule has 4 aliphatic rings. The van der Waals surface area contributed by atoms with Crippen molar-refractivity contribution in [3.05, 3.63) is 131 Å². The number of benzene rings is 3. The third kappa shape index (κ3) is 7.80. The van der Waals surface area contributed by atoms with Crippen molar-refractivity contribution in [1.82, 2.24) is 4.98 Å². The number of allylic oxidation sites excluding steroid dienone is 4. The van der Waals surface area contributed by atoms with Crippen LogP contribution >= 0.6 is 0 Å². The topological polar surface area (TPSA) is 195 Å². The van der Waals surface area contributed by atoms with Gasteiger partial charge in [0.05, 0.1) is 23.1 Å².